The third kappa shape index (κ3) is 3.28. The predicted molar refractivity (Wildman–Crippen MR) is 80.4 cm³/mol. The molecule has 6 heteroatoms. The Kier molecular flexibility index (Phi) is 4.82. The molecule has 0 spiro atoms. The van der Waals surface area contributed by atoms with Gasteiger partial charge in [0.15, 0.2) is 6.10 Å². The minimum absolute atomic E-state index is 0.114. The van der Waals surface area contributed by atoms with Crippen molar-refractivity contribution < 1.29 is 23.8 Å². The number of nitrogens with one attached hydrogen (secondary N) is 1. The van der Waals surface area contributed by atoms with Crippen molar-refractivity contribution in [2.24, 2.45) is 0 Å². The molecular weight excluding hydrogens is 286 g/mol. The van der Waals surface area contributed by atoms with Gasteiger partial charge in [-0.25, -0.2) is 4.79 Å². The normalized spacial score (nSPS) is 12.2. The van der Waals surface area contributed by atoms with E-state index < -0.39 is 12.1 Å². The molecule has 0 aliphatic carbocycles. The number of benzene rings is 1. The molecule has 2 N–H and O–H groups in total. The van der Waals surface area contributed by atoms with Gasteiger partial charge in [0.25, 0.3) is 0 Å². The van der Waals surface area contributed by atoms with Gasteiger partial charge in [0, 0.05) is 10.9 Å². The molecule has 1 aromatic carbocycles. The van der Waals surface area contributed by atoms with Crippen LogP contribution in [0.15, 0.2) is 22.8 Å². The summed E-state index contributed by atoms with van der Waals surface area (Å²) in [6.45, 7) is 3.79. The first-order chi connectivity index (χ1) is 10.4. The summed E-state index contributed by atoms with van der Waals surface area (Å²) in [5.41, 5.74) is 3.71. The second-order valence-electron chi connectivity index (χ2n) is 5.16. The summed E-state index contributed by atoms with van der Waals surface area (Å²) in [5, 5.41) is 12.8. The minimum atomic E-state index is -1.36. The van der Waals surface area contributed by atoms with E-state index in [1.165, 1.54) is 7.11 Å². The maximum absolute atomic E-state index is 11.9. The lowest BCUT2D eigenvalue weighted by Gasteiger charge is -2.09. The Bertz CT molecular complexity index is 704. The number of aliphatic hydroxyl groups excluding tert-OH is 1. The van der Waals surface area contributed by atoms with Gasteiger partial charge in [-0.1, -0.05) is 12.1 Å². The Morgan fingerprint density at radius 1 is 1.36 bits per heavy atom. The predicted octanol–water partition coefficient (Wildman–Crippen LogP) is 1.24. The van der Waals surface area contributed by atoms with Gasteiger partial charge in [-0.05, 0) is 25.0 Å². The molecule has 22 heavy (non-hydrogen) atoms. The molecule has 1 amide bonds. The summed E-state index contributed by atoms with van der Waals surface area (Å²) in [6, 6.07) is 3.91. The molecule has 118 valence electrons. The molecule has 1 heterocycles. The fourth-order valence-corrected chi connectivity index (χ4v) is 2.19. The number of hydrogen-bond acceptors (Lipinski definition) is 5. The topological polar surface area (TPSA) is 88.8 Å². The summed E-state index contributed by atoms with van der Waals surface area (Å²) in [5.74, 6) is -1.08. The molecule has 2 rings (SSSR count). The molecule has 0 fully saturated rings. The number of aryl methyl sites for hydroxylation is 2. The molecule has 0 radical (unpaired) electrons. The van der Waals surface area contributed by atoms with Crippen LogP contribution in [0.5, 0.6) is 0 Å². The summed E-state index contributed by atoms with van der Waals surface area (Å²) >= 11 is 0. The van der Waals surface area contributed by atoms with Crippen molar-refractivity contribution in [3.05, 3.63) is 35.1 Å². The number of hydrogen-bond donors (Lipinski definition) is 2. The van der Waals surface area contributed by atoms with Crippen LogP contribution in [0.3, 0.4) is 0 Å². The molecule has 1 atom stereocenters. The maximum Gasteiger partial charge on any atom is 0.336 e. The minimum Gasteiger partial charge on any atom is -0.467 e. The number of fused-ring (bicyclic) bond motifs is 1. The van der Waals surface area contributed by atoms with Crippen molar-refractivity contribution in [2.45, 2.75) is 26.4 Å². The maximum atomic E-state index is 11.9. The van der Waals surface area contributed by atoms with Crippen LogP contribution in [0.4, 0.5) is 0 Å². The smallest absolute Gasteiger partial charge is 0.336 e. The summed E-state index contributed by atoms with van der Waals surface area (Å²) in [6.07, 6.45) is 0.316. The van der Waals surface area contributed by atoms with Gasteiger partial charge in [-0.3, -0.25) is 4.79 Å². The lowest BCUT2D eigenvalue weighted by molar-refractivity contribution is -0.150. The van der Waals surface area contributed by atoms with Crippen LogP contribution in [0.1, 0.15) is 16.7 Å². The van der Waals surface area contributed by atoms with E-state index in [1.807, 2.05) is 26.0 Å². The average molecular weight is 305 g/mol. The molecule has 0 bridgehead atoms. The number of ether oxygens (including phenoxy) is 1. The fraction of sp³-hybridized carbons (Fsp3) is 0.375. The zero-order valence-corrected chi connectivity index (χ0v) is 12.8. The zero-order valence-electron chi connectivity index (χ0n) is 12.8. The molecule has 1 aromatic heterocycles. The van der Waals surface area contributed by atoms with Crippen LogP contribution in [0, 0.1) is 13.8 Å². The van der Waals surface area contributed by atoms with Gasteiger partial charge in [-0.15, -0.1) is 0 Å². The van der Waals surface area contributed by atoms with Crippen LogP contribution < -0.4 is 5.32 Å². The number of carbonyl (C=O) groups is 2. The number of esters is 1. The highest BCUT2D eigenvalue weighted by Crippen LogP contribution is 2.26. The molecule has 0 aliphatic heterocycles. The van der Waals surface area contributed by atoms with Crippen molar-refractivity contribution in [1.82, 2.24) is 5.32 Å². The number of rotatable bonds is 5. The Hall–Kier alpha value is -2.34. The monoisotopic (exact) mass is 305 g/mol. The Morgan fingerprint density at radius 2 is 2.09 bits per heavy atom. The van der Waals surface area contributed by atoms with Crippen molar-refractivity contribution in [3.8, 4) is 0 Å². The van der Waals surface area contributed by atoms with Crippen molar-refractivity contribution in [3.63, 3.8) is 0 Å². The van der Waals surface area contributed by atoms with Crippen molar-refractivity contribution in [1.29, 1.82) is 0 Å². The standard InChI is InChI=1S/C16H19NO5/c1-9-4-5-12-11(8-22-15(12)10(9)2)6-14(19)17-7-13(18)16(20)21-3/h4-5,8,13,18H,6-7H2,1-3H3,(H,17,19)/t13-/m0/s1. The number of furan rings is 1. The molecule has 0 saturated carbocycles. The number of amides is 1. The van der Waals surface area contributed by atoms with Gasteiger partial charge < -0.3 is 19.6 Å². The highest BCUT2D eigenvalue weighted by Gasteiger charge is 2.17. The number of carbonyl (C=O) groups excluding carboxylic acids is 2. The van der Waals surface area contributed by atoms with E-state index >= 15 is 0 Å². The summed E-state index contributed by atoms with van der Waals surface area (Å²) in [7, 11) is 1.18. The second-order valence-corrected chi connectivity index (χ2v) is 5.16. The molecule has 0 aliphatic rings. The van der Waals surface area contributed by atoms with Crippen LogP contribution >= 0.6 is 0 Å². The molecule has 2 aromatic rings. The first kappa shape index (κ1) is 16.0. The van der Waals surface area contributed by atoms with Crippen LogP contribution in [0.2, 0.25) is 0 Å². The first-order valence-electron chi connectivity index (χ1n) is 6.93. The van der Waals surface area contributed by atoms with Crippen LogP contribution in [-0.4, -0.2) is 36.7 Å². The lowest BCUT2D eigenvalue weighted by atomic mass is 10.0. The first-order valence-corrected chi connectivity index (χ1v) is 6.93. The lowest BCUT2D eigenvalue weighted by Crippen LogP contribution is -2.37. The Labute approximate surface area is 128 Å². The zero-order chi connectivity index (χ0) is 16.3. The SMILES string of the molecule is COC(=O)[C@@H](O)CNC(=O)Cc1coc2c(C)c(C)ccc12. The van der Waals surface area contributed by atoms with E-state index in [0.717, 1.165) is 27.7 Å². The van der Waals surface area contributed by atoms with Gasteiger partial charge in [0.05, 0.1) is 26.3 Å². The van der Waals surface area contributed by atoms with Gasteiger partial charge in [0.2, 0.25) is 5.91 Å². The Balaban J connectivity index is 2.04. The van der Waals surface area contributed by atoms with Gasteiger partial charge in [-0.2, -0.15) is 0 Å². The Morgan fingerprint density at radius 3 is 2.77 bits per heavy atom. The van der Waals surface area contributed by atoms with Gasteiger partial charge >= 0.3 is 5.97 Å². The summed E-state index contributed by atoms with van der Waals surface area (Å²) in [4.78, 5) is 23.0. The van der Waals surface area contributed by atoms with Crippen molar-refractivity contribution in [2.75, 3.05) is 13.7 Å². The largest absolute Gasteiger partial charge is 0.467 e. The number of methoxy groups -OCH3 is 1. The molecule has 0 unspecified atom stereocenters. The van der Waals surface area contributed by atoms with Crippen molar-refractivity contribution >= 4 is 22.8 Å². The molecular formula is C16H19NO5. The van der Waals surface area contributed by atoms with E-state index in [1.54, 1.807) is 6.26 Å². The third-order valence-corrected chi connectivity index (χ3v) is 3.66. The second kappa shape index (κ2) is 6.62. The van der Waals surface area contributed by atoms with Crippen LogP contribution in [-0.2, 0) is 20.7 Å². The quantitative estimate of drug-likeness (QED) is 0.811. The van der Waals surface area contributed by atoms with E-state index in [4.69, 9.17) is 4.42 Å². The summed E-state index contributed by atoms with van der Waals surface area (Å²) < 4.78 is 9.92. The number of aliphatic hydroxyl groups is 1. The van der Waals surface area contributed by atoms with E-state index in [0.29, 0.717) is 0 Å². The molecule has 0 saturated heterocycles. The van der Waals surface area contributed by atoms with Gasteiger partial charge in [0.1, 0.15) is 5.58 Å². The van der Waals surface area contributed by atoms with E-state index in [-0.39, 0.29) is 18.9 Å². The van der Waals surface area contributed by atoms with E-state index in [2.05, 4.69) is 10.1 Å². The highest BCUT2D eigenvalue weighted by molar-refractivity contribution is 5.89. The average Bonchev–Trinajstić information content (AvgIpc) is 2.91. The van der Waals surface area contributed by atoms with Crippen LogP contribution in [0.25, 0.3) is 11.0 Å². The highest BCUT2D eigenvalue weighted by atomic mass is 16.5. The van der Waals surface area contributed by atoms with E-state index in [9.17, 15) is 14.7 Å². The molecule has 6 nitrogen and oxygen atoms in total. The third-order valence-electron chi connectivity index (χ3n) is 3.66. The fourth-order valence-electron chi connectivity index (χ4n) is 2.19.